The van der Waals surface area contributed by atoms with Gasteiger partial charge in [-0.15, -0.1) is 0 Å². The number of anilines is 1. The molecule has 0 saturated heterocycles. The molecule has 3 rings (SSSR count). The lowest BCUT2D eigenvalue weighted by Gasteiger charge is -2.01. The van der Waals surface area contributed by atoms with Crippen LogP contribution in [0.4, 0.5) is 5.82 Å². The van der Waals surface area contributed by atoms with Crippen molar-refractivity contribution in [2.24, 2.45) is 5.84 Å². The van der Waals surface area contributed by atoms with Crippen molar-refractivity contribution in [3.63, 3.8) is 0 Å². The number of benzene rings is 1. The van der Waals surface area contributed by atoms with Crippen molar-refractivity contribution in [1.82, 2.24) is 15.0 Å². The van der Waals surface area contributed by atoms with E-state index in [4.69, 9.17) is 10.6 Å². The van der Waals surface area contributed by atoms with Crippen molar-refractivity contribution in [3.8, 4) is 5.75 Å². The van der Waals surface area contributed by atoms with Crippen molar-refractivity contribution in [2.75, 3.05) is 12.0 Å². The maximum Gasteiger partial charge on any atom is 0.167 e. The van der Waals surface area contributed by atoms with Crippen LogP contribution in [0.3, 0.4) is 0 Å². The summed E-state index contributed by atoms with van der Waals surface area (Å²) in [4.78, 5) is 11.6. The van der Waals surface area contributed by atoms with Gasteiger partial charge in [0, 0.05) is 10.9 Å². The first-order valence-corrected chi connectivity index (χ1v) is 5.69. The molecule has 0 fully saturated rings. The molecule has 6 heteroatoms. The second kappa shape index (κ2) is 4.15. The fourth-order valence-electron chi connectivity index (χ4n) is 2.04. The van der Waals surface area contributed by atoms with Gasteiger partial charge in [-0.3, -0.25) is 0 Å². The Hall–Kier alpha value is -2.34. The average molecular weight is 243 g/mol. The zero-order valence-electron chi connectivity index (χ0n) is 9.90. The smallest absolute Gasteiger partial charge is 0.167 e. The molecule has 2 aromatic heterocycles. The standard InChI is InChI=1S/C12H13N5O/c1-2-18-7-3-4-9-8(5-7)10-11(16-9)12(17-13)15-6-14-10/h3-6,16H,2,13H2,1H3,(H,14,15,17). The third-order valence-electron chi connectivity index (χ3n) is 2.80. The summed E-state index contributed by atoms with van der Waals surface area (Å²) in [7, 11) is 0. The van der Waals surface area contributed by atoms with Crippen LogP contribution in [-0.4, -0.2) is 21.6 Å². The van der Waals surface area contributed by atoms with Gasteiger partial charge in [-0.05, 0) is 25.1 Å². The minimum absolute atomic E-state index is 0.578. The number of hydrazine groups is 1. The molecule has 0 unspecified atom stereocenters. The lowest BCUT2D eigenvalue weighted by atomic mass is 10.2. The Balaban J connectivity index is 2.31. The minimum Gasteiger partial charge on any atom is -0.494 e. The van der Waals surface area contributed by atoms with Gasteiger partial charge in [0.25, 0.3) is 0 Å². The number of aromatic amines is 1. The van der Waals surface area contributed by atoms with E-state index in [0.717, 1.165) is 27.7 Å². The van der Waals surface area contributed by atoms with Crippen molar-refractivity contribution in [3.05, 3.63) is 24.5 Å². The molecular weight excluding hydrogens is 230 g/mol. The van der Waals surface area contributed by atoms with Crippen LogP contribution in [0.2, 0.25) is 0 Å². The molecule has 18 heavy (non-hydrogen) atoms. The topological polar surface area (TPSA) is 88.8 Å². The lowest BCUT2D eigenvalue weighted by Crippen LogP contribution is -2.09. The van der Waals surface area contributed by atoms with Crippen LogP contribution in [0.1, 0.15) is 6.92 Å². The molecule has 0 spiro atoms. The summed E-state index contributed by atoms with van der Waals surface area (Å²) in [5.41, 5.74) is 5.16. The summed E-state index contributed by atoms with van der Waals surface area (Å²) < 4.78 is 5.49. The first-order valence-electron chi connectivity index (χ1n) is 5.69. The average Bonchev–Trinajstić information content (AvgIpc) is 2.77. The van der Waals surface area contributed by atoms with E-state index in [-0.39, 0.29) is 0 Å². The van der Waals surface area contributed by atoms with E-state index >= 15 is 0 Å². The SMILES string of the molecule is CCOc1ccc2[nH]c3c(NN)ncnc3c2c1. The molecular formula is C12H13N5O. The van der Waals surface area contributed by atoms with Gasteiger partial charge in [0.1, 0.15) is 23.1 Å². The number of rotatable bonds is 3. The third-order valence-corrected chi connectivity index (χ3v) is 2.80. The summed E-state index contributed by atoms with van der Waals surface area (Å²) >= 11 is 0. The van der Waals surface area contributed by atoms with Gasteiger partial charge in [0.05, 0.1) is 6.61 Å². The molecule has 4 N–H and O–H groups in total. The van der Waals surface area contributed by atoms with Gasteiger partial charge in [0.2, 0.25) is 0 Å². The number of nitrogens with two attached hydrogens (primary N) is 1. The summed E-state index contributed by atoms with van der Waals surface area (Å²) in [5.74, 6) is 6.83. The van der Waals surface area contributed by atoms with Crippen LogP contribution in [0.25, 0.3) is 21.9 Å². The Morgan fingerprint density at radius 3 is 3.06 bits per heavy atom. The van der Waals surface area contributed by atoms with E-state index in [9.17, 15) is 0 Å². The minimum atomic E-state index is 0.578. The Labute approximate surface area is 103 Å². The number of nitrogen functional groups attached to an aromatic ring is 1. The van der Waals surface area contributed by atoms with Gasteiger partial charge in [-0.2, -0.15) is 0 Å². The zero-order valence-corrected chi connectivity index (χ0v) is 9.90. The van der Waals surface area contributed by atoms with Gasteiger partial charge in [-0.25, -0.2) is 15.8 Å². The van der Waals surface area contributed by atoms with Gasteiger partial charge < -0.3 is 15.1 Å². The highest BCUT2D eigenvalue weighted by Crippen LogP contribution is 2.29. The highest BCUT2D eigenvalue weighted by atomic mass is 16.5. The van der Waals surface area contributed by atoms with E-state index in [1.807, 2.05) is 25.1 Å². The summed E-state index contributed by atoms with van der Waals surface area (Å²) in [6, 6.07) is 5.84. The van der Waals surface area contributed by atoms with Crippen molar-refractivity contribution in [1.29, 1.82) is 0 Å². The molecule has 92 valence electrons. The predicted octanol–water partition coefficient (Wildman–Crippen LogP) is 1.80. The first-order chi connectivity index (χ1) is 8.83. The number of nitrogens with zero attached hydrogens (tertiary/aromatic N) is 2. The van der Waals surface area contributed by atoms with Crippen molar-refractivity contribution in [2.45, 2.75) is 6.92 Å². The number of aromatic nitrogens is 3. The number of hydrogen-bond acceptors (Lipinski definition) is 5. The number of hydrogen-bond donors (Lipinski definition) is 3. The van der Waals surface area contributed by atoms with Crippen LogP contribution in [-0.2, 0) is 0 Å². The van der Waals surface area contributed by atoms with Crippen molar-refractivity contribution >= 4 is 27.8 Å². The van der Waals surface area contributed by atoms with Gasteiger partial charge in [-0.1, -0.05) is 0 Å². The summed E-state index contributed by atoms with van der Waals surface area (Å²) in [5, 5.41) is 0.995. The molecule has 0 saturated carbocycles. The fraction of sp³-hybridized carbons (Fsp3) is 0.167. The molecule has 0 atom stereocenters. The predicted molar refractivity (Wildman–Crippen MR) is 70.4 cm³/mol. The van der Waals surface area contributed by atoms with Crippen LogP contribution in [0.15, 0.2) is 24.5 Å². The molecule has 1 aromatic carbocycles. The monoisotopic (exact) mass is 243 g/mol. The van der Waals surface area contributed by atoms with Gasteiger partial charge in [0.15, 0.2) is 5.82 Å². The summed E-state index contributed by atoms with van der Waals surface area (Å²) in [6.45, 7) is 2.59. The normalized spacial score (nSPS) is 11.0. The number of nitrogens with one attached hydrogen (secondary N) is 2. The maximum atomic E-state index is 5.49. The van der Waals surface area contributed by atoms with Crippen LogP contribution in [0, 0.1) is 0 Å². The van der Waals surface area contributed by atoms with Gasteiger partial charge >= 0.3 is 0 Å². The van der Waals surface area contributed by atoms with E-state index in [1.54, 1.807) is 0 Å². The molecule has 0 aliphatic heterocycles. The fourth-order valence-corrected chi connectivity index (χ4v) is 2.04. The highest BCUT2D eigenvalue weighted by molar-refractivity contribution is 6.08. The molecule has 3 aromatic rings. The molecule has 2 heterocycles. The van der Waals surface area contributed by atoms with E-state index in [1.165, 1.54) is 6.33 Å². The number of fused-ring (bicyclic) bond motifs is 3. The van der Waals surface area contributed by atoms with Crippen molar-refractivity contribution < 1.29 is 4.74 Å². The van der Waals surface area contributed by atoms with E-state index in [2.05, 4.69) is 20.4 Å². The Kier molecular flexibility index (Phi) is 2.49. The quantitative estimate of drug-likeness (QED) is 0.482. The molecule has 0 aliphatic rings. The lowest BCUT2D eigenvalue weighted by molar-refractivity contribution is 0.341. The highest BCUT2D eigenvalue weighted by Gasteiger charge is 2.10. The maximum absolute atomic E-state index is 5.49. The second-order valence-corrected chi connectivity index (χ2v) is 3.86. The summed E-state index contributed by atoms with van der Waals surface area (Å²) in [6.07, 6.45) is 1.48. The Bertz CT molecular complexity index is 706. The number of ether oxygens (including phenoxy) is 1. The Morgan fingerprint density at radius 1 is 1.39 bits per heavy atom. The zero-order chi connectivity index (χ0) is 12.5. The molecule has 0 radical (unpaired) electrons. The van der Waals surface area contributed by atoms with E-state index in [0.29, 0.717) is 12.4 Å². The largest absolute Gasteiger partial charge is 0.494 e. The molecule has 0 amide bonds. The number of H-pyrrole nitrogens is 1. The Morgan fingerprint density at radius 2 is 2.28 bits per heavy atom. The van der Waals surface area contributed by atoms with E-state index < -0.39 is 0 Å². The second-order valence-electron chi connectivity index (χ2n) is 3.86. The van der Waals surface area contributed by atoms with Crippen LogP contribution >= 0.6 is 0 Å². The first kappa shape index (κ1) is 10.8. The molecule has 0 bridgehead atoms. The van der Waals surface area contributed by atoms with Crippen LogP contribution in [0.5, 0.6) is 5.75 Å². The molecule has 6 nitrogen and oxygen atoms in total. The van der Waals surface area contributed by atoms with Crippen LogP contribution < -0.4 is 16.0 Å². The third kappa shape index (κ3) is 1.54. The molecule has 0 aliphatic carbocycles.